The fourth-order valence-electron chi connectivity index (χ4n) is 1.57. The van der Waals surface area contributed by atoms with Gasteiger partial charge in [-0.05, 0) is 24.6 Å². The second kappa shape index (κ2) is 5.59. The van der Waals surface area contributed by atoms with Crippen LogP contribution in [0.4, 0.5) is 5.69 Å². The highest BCUT2D eigenvalue weighted by molar-refractivity contribution is 7.07. The van der Waals surface area contributed by atoms with E-state index in [-0.39, 0.29) is 0 Å². The number of aliphatic carboxylic acids is 1. The molecule has 1 heterocycles. The van der Waals surface area contributed by atoms with E-state index in [0.717, 1.165) is 4.80 Å². The summed E-state index contributed by atoms with van der Waals surface area (Å²) in [5, 5.41) is 11.5. The first-order valence-corrected chi connectivity index (χ1v) is 6.92. The number of hydrogen-bond donors (Lipinski definition) is 1. The number of benzene rings is 1. The zero-order valence-electron chi connectivity index (χ0n) is 10.5. The molecule has 0 aliphatic carbocycles. The second-order valence-electron chi connectivity index (χ2n) is 4.18. The zero-order valence-corrected chi connectivity index (χ0v) is 12.1. The quantitative estimate of drug-likeness (QED) is 0.946. The summed E-state index contributed by atoms with van der Waals surface area (Å²) in [6, 6.07) is 5.12. The van der Waals surface area contributed by atoms with Crippen molar-refractivity contribution in [2.75, 3.05) is 0 Å². The van der Waals surface area contributed by atoms with Gasteiger partial charge in [-0.2, -0.15) is 0 Å². The van der Waals surface area contributed by atoms with E-state index in [1.165, 1.54) is 11.3 Å². The minimum Gasteiger partial charge on any atom is -0.481 e. The number of halogens is 1. The van der Waals surface area contributed by atoms with E-state index in [0.29, 0.717) is 16.3 Å². The Morgan fingerprint density at radius 1 is 1.53 bits per heavy atom. The van der Waals surface area contributed by atoms with Crippen LogP contribution in [0.3, 0.4) is 0 Å². The number of hydrogen-bond acceptors (Lipinski definition) is 3. The van der Waals surface area contributed by atoms with Crippen LogP contribution in [0.5, 0.6) is 0 Å². The normalized spacial score (nSPS) is 13.5. The molecule has 2 rings (SSSR count). The molecule has 0 aliphatic rings. The van der Waals surface area contributed by atoms with Crippen LogP contribution in [-0.2, 0) is 11.8 Å². The topological polar surface area (TPSA) is 54.6 Å². The van der Waals surface area contributed by atoms with Gasteiger partial charge < -0.3 is 9.67 Å². The molecule has 0 spiro atoms. The summed E-state index contributed by atoms with van der Waals surface area (Å²) in [4.78, 5) is 16.3. The van der Waals surface area contributed by atoms with Crippen molar-refractivity contribution in [3.05, 3.63) is 45.2 Å². The molecule has 2 aromatic rings. The van der Waals surface area contributed by atoms with Crippen LogP contribution in [0.25, 0.3) is 0 Å². The van der Waals surface area contributed by atoms with Gasteiger partial charge in [0, 0.05) is 18.6 Å². The SMILES string of the molecule is CC(C(=O)O)c1ccc(Cl)c(N=c2sccn2C)c1. The van der Waals surface area contributed by atoms with Crippen LogP contribution < -0.4 is 4.80 Å². The van der Waals surface area contributed by atoms with Gasteiger partial charge in [-0.25, -0.2) is 4.99 Å². The summed E-state index contributed by atoms with van der Waals surface area (Å²) in [5.74, 6) is -1.45. The Labute approximate surface area is 119 Å². The molecule has 0 amide bonds. The fraction of sp³-hybridized carbons (Fsp3) is 0.231. The molecule has 19 heavy (non-hydrogen) atoms. The lowest BCUT2D eigenvalue weighted by molar-refractivity contribution is -0.138. The summed E-state index contributed by atoms with van der Waals surface area (Å²) in [6.45, 7) is 1.64. The van der Waals surface area contributed by atoms with E-state index >= 15 is 0 Å². The molecule has 0 radical (unpaired) electrons. The second-order valence-corrected chi connectivity index (χ2v) is 5.46. The van der Waals surface area contributed by atoms with E-state index in [4.69, 9.17) is 16.7 Å². The predicted molar refractivity (Wildman–Crippen MR) is 76.0 cm³/mol. The molecular formula is C13H13ClN2O2S. The highest BCUT2D eigenvalue weighted by atomic mass is 35.5. The first-order chi connectivity index (χ1) is 8.99. The summed E-state index contributed by atoms with van der Waals surface area (Å²) in [5.41, 5.74) is 1.28. The molecule has 1 atom stereocenters. The molecule has 1 N–H and O–H groups in total. The first-order valence-electron chi connectivity index (χ1n) is 5.66. The number of carboxylic acids is 1. The van der Waals surface area contributed by atoms with Gasteiger partial charge in [-0.15, -0.1) is 11.3 Å². The molecule has 0 fully saturated rings. The lowest BCUT2D eigenvalue weighted by atomic mass is 10.0. The third-order valence-electron chi connectivity index (χ3n) is 2.82. The molecule has 0 bridgehead atoms. The van der Waals surface area contributed by atoms with Crippen molar-refractivity contribution in [2.45, 2.75) is 12.8 Å². The molecule has 1 aromatic carbocycles. The average molecular weight is 297 g/mol. The largest absolute Gasteiger partial charge is 0.481 e. The molecule has 0 aliphatic heterocycles. The van der Waals surface area contributed by atoms with E-state index in [2.05, 4.69) is 4.99 Å². The summed E-state index contributed by atoms with van der Waals surface area (Å²) >= 11 is 7.60. The van der Waals surface area contributed by atoms with Crippen LogP contribution in [0.2, 0.25) is 5.02 Å². The van der Waals surface area contributed by atoms with E-state index in [1.807, 2.05) is 23.2 Å². The molecule has 0 saturated carbocycles. The monoisotopic (exact) mass is 296 g/mol. The first kappa shape index (κ1) is 13.8. The molecule has 0 saturated heterocycles. The van der Waals surface area contributed by atoms with E-state index in [1.54, 1.807) is 25.1 Å². The predicted octanol–water partition coefficient (Wildman–Crippen LogP) is 3.16. The van der Waals surface area contributed by atoms with Gasteiger partial charge in [0.05, 0.1) is 16.6 Å². The van der Waals surface area contributed by atoms with E-state index in [9.17, 15) is 4.79 Å². The molecule has 1 unspecified atom stereocenters. The average Bonchev–Trinajstić information content (AvgIpc) is 2.77. The third kappa shape index (κ3) is 3.05. The summed E-state index contributed by atoms with van der Waals surface area (Å²) in [7, 11) is 1.90. The Morgan fingerprint density at radius 2 is 2.26 bits per heavy atom. The number of carbonyl (C=O) groups is 1. The number of rotatable bonds is 3. The highest BCUT2D eigenvalue weighted by Gasteiger charge is 2.14. The maximum Gasteiger partial charge on any atom is 0.310 e. The van der Waals surface area contributed by atoms with Crippen LogP contribution >= 0.6 is 22.9 Å². The van der Waals surface area contributed by atoms with Crippen molar-refractivity contribution in [1.82, 2.24) is 4.57 Å². The maximum atomic E-state index is 11.0. The smallest absolute Gasteiger partial charge is 0.310 e. The summed E-state index contributed by atoms with van der Waals surface area (Å²) < 4.78 is 1.88. The van der Waals surface area contributed by atoms with Gasteiger partial charge in [0.1, 0.15) is 0 Å². The van der Waals surface area contributed by atoms with Gasteiger partial charge in [0.15, 0.2) is 4.80 Å². The standard InChI is InChI=1S/C13H13ClN2O2S/c1-8(12(17)18)9-3-4-10(14)11(7-9)15-13-16(2)5-6-19-13/h3-8H,1-2H3,(H,17,18). The third-order valence-corrected chi connectivity index (χ3v) is 3.98. The lowest BCUT2D eigenvalue weighted by Gasteiger charge is -2.08. The van der Waals surface area contributed by atoms with Crippen LogP contribution in [0.1, 0.15) is 18.4 Å². The number of nitrogens with zero attached hydrogens (tertiary/aromatic N) is 2. The van der Waals surface area contributed by atoms with Crippen LogP contribution in [0.15, 0.2) is 34.8 Å². The van der Waals surface area contributed by atoms with Gasteiger partial charge >= 0.3 is 5.97 Å². The summed E-state index contributed by atoms with van der Waals surface area (Å²) in [6.07, 6.45) is 1.90. The molecular weight excluding hydrogens is 284 g/mol. The Morgan fingerprint density at radius 3 is 2.84 bits per heavy atom. The lowest BCUT2D eigenvalue weighted by Crippen LogP contribution is -2.09. The zero-order chi connectivity index (χ0) is 14.0. The van der Waals surface area contributed by atoms with Crippen LogP contribution in [-0.4, -0.2) is 15.6 Å². The highest BCUT2D eigenvalue weighted by Crippen LogP contribution is 2.28. The van der Waals surface area contributed by atoms with Crippen molar-refractivity contribution >= 4 is 34.6 Å². The van der Waals surface area contributed by atoms with Crippen molar-refractivity contribution in [3.8, 4) is 0 Å². The maximum absolute atomic E-state index is 11.0. The Bertz CT molecular complexity index is 675. The van der Waals surface area contributed by atoms with Gasteiger partial charge in [0.2, 0.25) is 0 Å². The van der Waals surface area contributed by atoms with Gasteiger partial charge in [0.25, 0.3) is 0 Å². The Kier molecular flexibility index (Phi) is 4.07. The minimum absolute atomic E-state index is 0.509. The number of thiazole rings is 1. The Balaban J connectivity index is 2.50. The molecule has 100 valence electrons. The van der Waals surface area contributed by atoms with Crippen LogP contribution in [0, 0.1) is 0 Å². The Hall–Kier alpha value is -1.59. The molecule has 6 heteroatoms. The van der Waals surface area contributed by atoms with Gasteiger partial charge in [-0.3, -0.25) is 4.79 Å². The molecule has 4 nitrogen and oxygen atoms in total. The number of carboxylic acid groups (broad SMARTS) is 1. The van der Waals surface area contributed by atoms with Crippen molar-refractivity contribution in [3.63, 3.8) is 0 Å². The number of aryl methyl sites for hydroxylation is 1. The minimum atomic E-state index is -0.866. The fourth-order valence-corrected chi connectivity index (χ4v) is 2.47. The van der Waals surface area contributed by atoms with E-state index < -0.39 is 11.9 Å². The van der Waals surface area contributed by atoms with Crippen molar-refractivity contribution in [1.29, 1.82) is 0 Å². The molecule has 1 aromatic heterocycles. The van der Waals surface area contributed by atoms with Crippen molar-refractivity contribution in [2.24, 2.45) is 12.0 Å². The van der Waals surface area contributed by atoms with Crippen molar-refractivity contribution < 1.29 is 9.90 Å². The van der Waals surface area contributed by atoms with Gasteiger partial charge in [-0.1, -0.05) is 17.7 Å². The number of aromatic nitrogens is 1.